The molecule has 2 bridgehead atoms. The van der Waals surface area contributed by atoms with Crippen LogP contribution in [0.25, 0.3) is 0 Å². The van der Waals surface area contributed by atoms with Crippen LogP contribution in [0, 0.1) is 35.5 Å². The van der Waals surface area contributed by atoms with E-state index in [4.69, 9.17) is 0 Å². The summed E-state index contributed by atoms with van der Waals surface area (Å²) in [5.74, 6) is 6.75. The Hall–Kier alpha value is 0. The van der Waals surface area contributed by atoms with Gasteiger partial charge in [-0.15, -0.1) is 0 Å². The maximum atomic E-state index is 2.49. The quantitative estimate of drug-likeness (QED) is 0.515. The summed E-state index contributed by atoms with van der Waals surface area (Å²) < 4.78 is 0. The van der Waals surface area contributed by atoms with Gasteiger partial charge in [-0.25, -0.2) is 0 Å². The first-order valence-corrected chi connectivity index (χ1v) is 5.75. The maximum Gasteiger partial charge on any atom is -0.0349 e. The SMILES string of the molecule is C[C@@H]1C[C@@H]2[C@H](C1)[C@H]1C[C@@H]2[C@@H](C)C1. The lowest BCUT2D eigenvalue weighted by molar-refractivity contribution is 0.201. The standard InChI is InChI=1S/C12H20/c1-7-3-11-9-5-8(2)10(6-9)12(11)4-7/h7-12H,3-6H2,1-2H3/t7-,8-,9+,10+,11+,12-/m0/s1. The van der Waals surface area contributed by atoms with Crippen LogP contribution in [-0.4, -0.2) is 0 Å². The van der Waals surface area contributed by atoms with Crippen molar-refractivity contribution in [2.45, 2.75) is 39.5 Å². The van der Waals surface area contributed by atoms with Gasteiger partial charge in [0.15, 0.2) is 0 Å². The summed E-state index contributed by atoms with van der Waals surface area (Å²) in [7, 11) is 0. The van der Waals surface area contributed by atoms with Crippen molar-refractivity contribution in [3.63, 3.8) is 0 Å². The number of hydrogen-bond acceptors (Lipinski definition) is 0. The minimum atomic E-state index is 1.05. The van der Waals surface area contributed by atoms with Gasteiger partial charge in [0.25, 0.3) is 0 Å². The van der Waals surface area contributed by atoms with Crippen molar-refractivity contribution in [2.24, 2.45) is 35.5 Å². The second-order valence-corrected chi connectivity index (χ2v) is 5.78. The molecule has 3 aliphatic carbocycles. The Morgan fingerprint density at radius 1 is 0.750 bits per heavy atom. The van der Waals surface area contributed by atoms with E-state index in [9.17, 15) is 0 Å². The molecule has 3 aliphatic rings. The predicted molar refractivity (Wildman–Crippen MR) is 50.8 cm³/mol. The average Bonchev–Trinajstić information content (AvgIpc) is 2.57. The molecule has 0 heteroatoms. The van der Waals surface area contributed by atoms with Gasteiger partial charge in [-0.05, 0) is 61.2 Å². The third kappa shape index (κ3) is 0.791. The molecule has 0 nitrogen and oxygen atoms in total. The molecule has 0 spiro atoms. The molecule has 0 aliphatic heterocycles. The molecule has 0 saturated heterocycles. The van der Waals surface area contributed by atoms with E-state index >= 15 is 0 Å². The van der Waals surface area contributed by atoms with E-state index < -0.39 is 0 Å². The first-order chi connectivity index (χ1) is 5.75. The molecule has 0 aromatic rings. The van der Waals surface area contributed by atoms with Crippen molar-refractivity contribution >= 4 is 0 Å². The van der Waals surface area contributed by atoms with Gasteiger partial charge < -0.3 is 0 Å². The third-order valence-corrected chi connectivity index (χ3v) is 5.03. The summed E-state index contributed by atoms with van der Waals surface area (Å²) >= 11 is 0. The number of fused-ring (bicyclic) bond motifs is 5. The second kappa shape index (κ2) is 2.27. The molecule has 12 heavy (non-hydrogen) atoms. The first-order valence-electron chi connectivity index (χ1n) is 5.75. The maximum absolute atomic E-state index is 2.49. The summed E-state index contributed by atoms with van der Waals surface area (Å²) in [6.07, 6.45) is 6.30. The van der Waals surface area contributed by atoms with Crippen LogP contribution >= 0.6 is 0 Å². The lowest BCUT2D eigenvalue weighted by Crippen LogP contribution is -2.22. The van der Waals surface area contributed by atoms with Crippen LogP contribution in [0.2, 0.25) is 0 Å². The third-order valence-electron chi connectivity index (χ3n) is 5.03. The van der Waals surface area contributed by atoms with Gasteiger partial charge in [0, 0.05) is 0 Å². The molecule has 0 amide bonds. The van der Waals surface area contributed by atoms with Crippen LogP contribution in [0.15, 0.2) is 0 Å². The van der Waals surface area contributed by atoms with Crippen molar-refractivity contribution in [1.29, 1.82) is 0 Å². The van der Waals surface area contributed by atoms with E-state index in [2.05, 4.69) is 13.8 Å². The molecule has 0 aromatic carbocycles. The smallest absolute Gasteiger partial charge is 0.0349 e. The fraction of sp³-hybridized carbons (Fsp3) is 1.00. The van der Waals surface area contributed by atoms with Gasteiger partial charge in [-0.2, -0.15) is 0 Å². The fourth-order valence-electron chi connectivity index (χ4n) is 4.69. The van der Waals surface area contributed by atoms with Crippen LogP contribution in [0.5, 0.6) is 0 Å². The lowest BCUT2D eigenvalue weighted by atomic mass is 9.77. The Bertz CT molecular complexity index is 192. The van der Waals surface area contributed by atoms with Crippen molar-refractivity contribution in [3.05, 3.63) is 0 Å². The highest BCUT2D eigenvalue weighted by Crippen LogP contribution is 2.61. The van der Waals surface area contributed by atoms with Crippen LogP contribution < -0.4 is 0 Å². The topological polar surface area (TPSA) is 0 Å². The lowest BCUT2D eigenvalue weighted by Gasteiger charge is -2.29. The van der Waals surface area contributed by atoms with Gasteiger partial charge in [-0.1, -0.05) is 13.8 Å². The second-order valence-electron chi connectivity index (χ2n) is 5.78. The predicted octanol–water partition coefficient (Wildman–Crippen LogP) is 3.32. The van der Waals surface area contributed by atoms with Gasteiger partial charge >= 0.3 is 0 Å². The van der Waals surface area contributed by atoms with Crippen LogP contribution in [0.4, 0.5) is 0 Å². The summed E-state index contributed by atoms with van der Waals surface area (Å²) in [5, 5.41) is 0. The van der Waals surface area contributed by atoms with E-state index in [1.165, 1.54) is 5.92 Å². The molecule has 3 saturated carbocycles. The van der Waals surface area contributed by atoms with Crippen molar-refractivity contribution in [3.8, 4) is 0 Å². The van der Waals surface area contributed by atoms with Gasteiger partial charge in [-0.3, -0.25) is 0 Å². The van der Waals surface area contributed by atoms with E-state index in [1.807, 2.05) is 0 Å². The monoisotopic (exact) mass is 164 g/mol. The van der Waals surface area contributed by atoms with Crippen molar-refractivity contribution in [1.82, 2.24) is 0 Å². The molecule has 0 N–H and O–H groups in total. The van der Waals surface area contributed by atoms with Crippen LogP contribution in [0.1, 0.15) is 39.5 Å². The Labute approximate surface area is 75.7 Å². The van der Waals surface area contributed by atoms with E-state index in [0.717, 1.165) is 29.6 Å². The van der Waals surface area contributed by atoms with E-state index in [-0.39, 0.29) is 0 Å². The van der Waals surface area contributed by atoms with E-state index in [1.54, 1.807) is 25.7 Å². The normalized spacial score (nSPS) is 62.5. The highest BCUT2D eigenvalue weighted by atomic mass is 14.6. The molecular weight excluding hydrogens is 144 g/mol. The zero-order valence-corrected chi connectivity index (χ0v) is 8.29. The van der Waals surface area contributed by atoms with Gasteiger partial charge in [0.2, 0.25) is 0 Å². The fourth-order valence-corrected chi connectivity index (χ4v) is 4.69. The van der Waals surface area contributed by atoms with Gasteiger partial charge in [0.1, 0.15) is 0 Å². The van der Waals surface area contributed by atoms with Crippen LogP contribution in [-0.2, 0) is 0 Å². The zero-order valence-electron chi connectivity index (χ0n) is 8.29. The highest BCUT2D eigenvalue weighted by Gasteiger charge is 2.53. The molecule has 68 valence electrons. The summed E-state index contributed by atoms with van der Waals surface area (Å²) in [4.78, 5) is 0. The highest BCUT2D eigenvalue weighted by molar-refractivity contribution is 5.02. The minimum Gasteiger partial charge on any atom is -0.0625 e. The summed E-state index contributed by atoms with van der Waals surface area (Å²) in [6, 6.07) is 0. The average molecular weight is 164 g/mol. The molecule has 0 radical (unpaired) electrons. The zero-order chi connectivity index (χ0) is 8.29. The molecule has 0 heterocycles. The Balaban J connectivity index is 1.86. The van der Waals surface area contributed by atoms with E-state index in [0.29, 0.717) is 0 Å². The summed E-state index contributed by atoms with van der Waals surface area (Å²) in [5.41, 5.74) is 0. The van der Waals surface area contributed by atoms with Crippen molar-refractivity contribution in [2.75, 3.05) is 0 Å². The molecule has 0 unspecified atom stereocenters. The van der Waals surface area contributed by atoms with Crippen molar-refractivity contribution < 1.29 is 0 Å². The molecule has 3 rings (SSSR count). The number of hydrogen-bond donors (Lipinski definition) is 0. The Kier molecular flexibility index (Phi) is 1.40. The minimum absolute atomic E-state index is 1.05. The number of rotatable bonds is 0. The van der Waals surface area contributed by atoms with Crippen LogP contribution in [0.3, 0.4) is 0 Å². The van der Waals surface area contributed by atoms with Gasteiger partial charge in [0.05, 0.1) is 0 Å². The Morgan fingerprint density at radius 2 is 1.50 bits per heavy atom. The Morgan fingerprint density at radius 3 is 2.33 bits per heavy atom. The molecule has 0 aromatic heterocycles. The molecular formula is C12H20. The molecule has 6 atom stereocenters. The largest absolute Gasteiger partial charge is 0.0625 e. The first kappa shape index (κ1) is 7.41. The summed E-state index contributed by atoms with van der Waals surface area (Å²) in [6.45, 7) is 4.95. The molecule has 3 fully saturated rings.